The molecule has 3 nitrogen and oxygen atoms in total. The summed E-state index contributed by atoms with van der Waals surface area (Å²) in [6.45, 7) is 0. The number of halogens is 2. The molecule has 0 saturated heterocycles. The van der Waals surface area contributed by atoms with Gasteiger partial charge in [0.2, 0.25) is 0 Å². The molecule has 0 heterocycles. The average molecular weight is 338 g/mol. The molecule has 0 bridgehead atoms. The first-order valence-electron chi connectivity index (χ1n) is 4.15. The third-order valence-electron chi connectivity index (χ3n) is 1.93. The number of benzene rings is 1. The summed E-state index contributed by atoms with van der Waals surface area (Å²) < 4.78 is 10.6. The largest absolute Gasteiger partial charge is 0.495 e. The lowest BCUT2D eigenvalue weighted by molar-refractivity contribution is 0.0596. The van der Waals surface area contributed by atoms with Gasteiger partial charge >= 0.3 is 5.97 Å². The van der Waals surface area contributed by atoms with Crippen LogP contribution >= 0.6 is 31.9 Å². The van der Waals surface area contributed by atoms with Gasteiger partial charge in [-0.15, -0.1) is 0 Å². The fourth-order valence-electron chi connectivity index (χ4n) is 1.23. The first-order chi connectivity index (χ1) is 7.15. The first kappa shape index (κ1) is 12.5. The van der Waals surface area contributed by atoms with Crippen molar-refractivity contribution >= 4 is 37.8 Å². The van der Waals surface area contributed by atoms with Gasteiger partial charge in [0, 0.05) is 5.33 Å². The van der Waals surface area contributed by atoms with Crippen molar-refractivity contribution < 1.29 is 14.3 Å². The molecule has 0 fully saturated rings. The minimum absolute atomic E-state index is 0.400. The van der Waals surface area contributed by atoms with Gasteiger partial charge in [0.1, 0.15) is 11.3 Å². The van der Waals surface area contributed by atoms with Crippen LogP contribution in [0.1, 0.15) is 15.9 Å². The van der Waals surface area contributed by atoms with Gasteiger partial charge in [0.05, 0.1) is 18.7 Å². The predicted molar refractivity (Wildman–Crippen MR) is 64.7 cm³/mol. The maximum absolute atomic E-state index is 11.6. The summed E-state index contributed by atoms with van der Waals surface area (Å²) in [4.78, 5) is 11.6. The zero-order valence-corrected chi connectivity index (χ0v) is 11.5. The number of hydrogen-bond acceptors (Lipinski definition) is 3. The molecule has 0 aromatic heterocycles. The van der Waals surface area contributed by atoms with E-state index in [0.717, 1.165) is 10.0 Å². The van der Waals surface area contributed by atoms with E-state index in [4.69, 9.17) is 9.47 Å². The second kappa shape index (κ2) is 5.51. The van der Waals surface area contributed by atoms with Crippen molar-refractivity contribution in [3.05, 3.63) is 27.7 Å². The minimum atomic E-state index is -0.400. The monoisotopic (exact) mass is 336 g/mol. The lowest BCUT2D eigenvalue weighted by Crippen LogP contribution is -2.08. The Morgan fingerprint density at radius 1 is 1.40 bits per heavy atom. The number of carbonyl (C=O) groups is 1. The molecule has 0 atom stereocenters. The van der Waals surface area contributed by atoms with Crippen LogP contribution in [-0.2, 0) is 10.1 Å². The number of methoxy groups -OCH3 is 2. The number of ether oxygens (including phenoxy) is 2. The Morgan fingerprint density at radius 3 is 2.53 bits per heavy atom. The van der Waals surface area contributed by atoms with E-state index < -0.39 is 5.97 Å². The van der Waals surface area contributed by atoms with Gasteiger partial charge in [-0.2, -0.15) is 0 Å². The van der Waals surface area contributed by atoms with E-state index in [2.05, 4.69) is 31.9 Å². The Balaban J connectivity index is 3.40. The second-order valence-electron chi connectivity index (χ2n) is 2.74. The molecule has 82 valence electrons. The van der Waals surface area contributed by atoms with Crippen molar-refractivity contribution in [2.24, 2.45) is 0 Å². The fourth-order valence-corrected chi connectivity index (χ4v) is 2.19. The van der Waals surface area contributed by atoms with Gasteiger partial charge < -0.3 is 9.47 Å². The number of alkyl halides is 1. The smallest absolute Gasteiger partial charge is 0.342 e. The van der Waals surface area contributed by atoms with Gasteiger partial charge in [-0.1, -0.05) is 22.0 Å². The molecular formula is C10H10Br2O3. The molecule has 0 aliphatic rings. The van der Waals surface area contributed by atoms with Crippen LogP contribution in [0.4, 0.5) is 0 Å². The number of rotatable bonds is 3. The maximum Gasteiger partial charge on any atom is 0.342 e. The molecule has 0 N–H and O–H groups in total. The summed E-state index contributed by atoms with van der Waals surface area (Å²) in [6, 6.07) is 3.68. The molecule has 15 heavy (non-hydrogen) atoms. The maximum atomic E-state index is 11.6. The number of hydrogen-bond donors (Lipinski definition) is 0. The van der Waals surface area contributed by atoms with E-state index in [0.29, 0.717) is 16.6 Å². The summed E-state index contributed by atoms with van der Waals surface area (Å²) in [7, 11) is 2.87. The quantitative estimate of drug-likeness (QED) is 0.628. The average Bonchev–Trinajstić information content (AvgIpc) is 2.27. The SMILES string of the molecule is COC(=O)c1c(CBr)ccc(Br)c1OC. The van der Waals surface area contributed by atoms with Crippen molar-refractivity contribution in [3.63, 3.8) is 0 Å². The third-order valence-corrected chi connectivity index (χ3v) is 3.16. The zero-order chi connectivity index (χ0) is 11.4. The van der Waals surface area contributed by atoms with Crippen LogP contribution < -0.4 is 4.74 Å². The molecule has 0 aliphatic heterocycles. The number of carbonyl (C=O) groups excluding carboxylic acids is 1. The Labute approximate surface area is 105 Å². The van der Waals surface area contributed by atoms with Crippen LogP contribution in [0, 0.1) is 0 Å². The Kier molecular flexibility index (Phi) is 4.60. The third kappa shape index (κ3) is 2.52. The highest BCUT2D eigenvalue weighted by Crippen LogP contribution is 2.32. The van der Waals surface area contributed by atoms with Crippen molar-refractivity contribution in [1.29, 1.82) is 0 Å². The highest BCUT2D eigenvalue weighted by Gasteiger charge is 2.19. The first-order valence-corrected chi connectivity index (χ1v) is 6.06. The Morgan fingerprint density at radius 2 is 2.07 bits per heavy atom. The molecule has 0 amide bonds. The highest BCUT2D eigenvalue weighted by atomic mass is 79.9. The molecular weight excluding hydrogens is 328 g/mol. The lowest BCUT2D eigenvalue weighted by atomic mass is 10.1. The van der Waals surface area contributed by atoms with Crippen LogP contribution in [0.2, 0.25) is 0 Å². The molecule has 1 rings (SSSR count). The van der Waals surface area contributed by atoms with Gasteiger partial charge in [-0.05, 0) is 27.6 Å². The van der Waals surface area contributed by atoms with E-state index in [1.54, 1.807) is 0 Å². The van der Waals surface area contributed by atoms with Crippen molar-refractivity contribution in [2.75, 3.05) is 14.2 Å². The molecule has 0 unspecified atom stereocenters. The van der Waals surface area contributed by atoms with Crippen LogP contribution in [0.5, 0.6) is 5.75 Å². The molecule has 0 aliphatic carbocycles. The fraction of sp³-hybridized carbons (Fsp3) is 0.300. The summed E-state index contributed by atoms with van der Waals surface area (Å²) in [5.74, 6) is 0.0985. The molecule has 0 radical (unpaired) electrons. The van der Waals surface area contributed by atoms with Gasteiger partial charge in [0.15, 0.2) is 0 Å². The van der Waals surface area contributed by atoms with E-state index in [1.165, 1.54) is 14.2 Å². The van der Waals surface area contributed by atoms with E-state index in [1.807, 2.05) is 12.1 Å². The van der Waals surface area contributed by atoms with Crippen LogP contribution in [0.25, 0.3) is 0 Å². The van der Waals surface area contributed by atoms with Crippen LogP contribution in [0.3, 0.4) is 0 Å². The predicted octanol–water partition coefficient (Wildman–Crippen LogP) is 3.14. The van der Waals surface area contributed by atoms with Crippen molar-refractivity contribution in [1.82, 2.24) is 0 Å². The van der Waals surface area contributed by atoms with E-state index in [-0.39, 0.29) is 0 Å². The molecule has 1 aromatic carbocycles. The summed E-state index contributed by atoms with van der Waals surface area (Å²) in [5, 5.41) is 0.571. The van der Waals surface area contributed by atoms with Crippen molar-refractivity contribution in [2.45, 2.75) is 5.33 Å². The Hall–Kier alpha value is -0.550. The Bertz CT molecular complexity index is 377. The second-order valence-corrected chi connectivity index (χ2v) is 4.16. The lowest BCUT2D eigenvalue weighted by Gasteiger charge is -2.12. The molecule has 1 aromatic rings. The standard InChI is InChI=1S/C10H10Br2O3/c1-14-9-7(12)4-3-6(5-11)8(9)10(13)15-2/h3-4H,5H2,1-2H3. The van der Waals surface area contributed by atoms with E-state index >= 15 is 0 Å². The van der Waals surface area contributed by atoms with Gasteiger partial charge in [0.25, 0.3) is 0 Å². The zero-order valence-electron chi connectivity index (χ0n) is 8.34. The van der Waals surface area contributed by atoms with E-state index in [9.17, 15) is 4.79 Å². The molecule has 0 saturated carbocycles. The highest BCUT2D eigenvalue weighted by molar-refractivity contribution is 9.10. The number of esters is 1. The van der Waals surface area contributed by atoms with Gasteiger partial charge in [-0.25, -0.2) is 4.79 Å². The molecule has 0 spiro atoms. The summed E-state index contributed by atoms with van der Waals surface area (Å²) in [6.07, 6.45) is 0. The van der Waals surface area contributed by atoms with Gasteiger partial charge in [-0.3, -0.25) is 0 Å². The van der Waals surface area contributed by atoms with Crippen LogP contribution in [-0.4, -0.2) is 20.2 Å². The normalized spacial score (nSPS) is 9.87. The molecule has 5 heteroatoms. The topological polar surface area (TPSA) is 35.5 Å². The van der Waals surface area contributed by atoms with Crippen LogP contribution in [0.15, 0.2) is 16.6 Å². The van der Waals surface area contributed by atoms with Crippen molar-refractivity contribution in [3.8, 4) is 5.75 Å². The minimum Gasteiger partial charge on any atom is -0.495 e. The summed E-state index contributed by atoms with van der Waals surface area (Å²) >= 11 is 6.64. The summed E-state index contributed by atoms with van der Waals surface area (Å²) in [5.41, 5.74) is 1.29.